The molecule has 2 rings (SSSR count). The largest absolute Gasteiger partial charge is 0.362 e. The number of rotatable bonds is 4. The zero-order valence-electron chi connectivity index (χ0n) is 10.1. The zero-order chi connectivity index (χ0) is 13.1. The van der Waals surface area contributed by atoms with Gasteiger partial charge in [0.05, 0.1) is 10.5 Å². The molecule has 1 aliphatic carbocycles. The molecule has 0 saturated heterocycles. The van der Waals surface area contributed by atoms with Gasteiger partial charge in [0, 0.05) is 18.3 Å². The standard InChI is InChI=1S/C12H14N4O2/c1-8(10-3-2-4-10)15-12-11(16(17)18)5-9(6-13)7-14-12/h5,7-8,10H,2-4H2,1H3,(H,14,15). The molecule has 1 saturated carbocycles. The SMILES string of the molecule is CC(Nc1ncc(C#N)cc1[N+](=O)[O-])C1CCC1. The Kier molecular flexibility index (Phi) is 3.42. The van der Waals surface area contributed by atoms with E-state index in [1.54, 1.807) is 0 Å². The van der Waals surface area contributed by atoms with E-state index >= 15 is 0 Å². The molecule has 1 fully saturated rings. The maximum absolute atomic E-state index is 10.9. The summed E-state index contributed by atoms with van der Waals surface area (Å²) in [6.45, 7) is 2.01. The first-order valence-electron chi connectivity index (χ1n) is 5.93. The van der Waals surface area contributed by atoms with Crippen molar-refractivity contribution in [3.63, 3.8) is 0 Å². The van der Waals surface area contributed by atoms with E-state index in [1.165, 1.54) is 18.7 Å². The Morgan fingerprint density at radius 1 is 1.67 bits per heavy atom. The fraction of sp³-hybridized carbons (Fsp3) is 0.500. The number of hydrogen-bond acceptors (Lipinski definition) is 5. The van der Waals surface area contributed by atoms with Crippen LogP contribution in [0, 0.1) is 27.4 Å². The second-order valence-electron chi connectivity index (χ2n) is 4.58. The van der Waals surface area contributed by atoms with E-state index in [4.69, 9.17) is 5.26 Å². The fourth-order valence-electron chi connectivity index (χ4n) is 2.04. The van der Waals surface area contributed by atoms with Gasteiger partial charge in [-0.15, -0.1) is 0 Å². The van der Waals surface area contributed by atoms with Gasteiger partial charge in [-0.1, -0.05) is 6.42 Å². The molecule has 1 heterocycles. The van der Waals surface area contributed by atoms with Gasteiger partial charge in [-0.25, -0.2) is 4.98 Å². The van der Waals surface area contributed by atoms with Gasteiger partial charge in [0.25, 0.3) is 0 Å². The number of nitriles is 1. The highest BCUT2D eigenvalue weighted by atomic mass is 16.6. The van der Waals surface area contributed by atoms with Crippen molar-refractivity contribution in [2.75, 3.05) is 5.32 Å². The summed E-state index contributed by atoms with van der Waals surface area (Å²) in [7, 11) is 0. The minimum absolute atomic E-state index is 0.139. The first-order valence-corrected chi connectivity index (χ1v) is 5.93. The van der Waals surface area contributed by atoms with Gasteiger partial charge in [-0.05, 0) is 25.7 Å². The van der Waals surface area contributed by atoms with Gasteiger partial charge in [0.2, 0.25) is 5.82 Å². The van der Waals surface area contributed by atoms with Crippen molar-refractivity contribution in [1.82, 2.24) is 4.98 Å². The third-order valence-electron chi connectivity index (χ3n) is 3.41. The molecule has 1 N–H and O–H groups in total. The highest BCUT2D eigenvalue weighted by Gasteiger charge is 2.26. The molecule has 1 aromatic heterocycles. The van der Waals surface area contributed by atoms with Crippen LogP contribution in [0.3, 0.4) is 0 Å². The molecule has 0 radical (unpaired) electrons. The second-order valence-corrected chi connectivity index (χ2v) is 4.58. The van der Waals surface area contributed by atoms with E-state index in [0.29, 0.717) is 5.92 Å². The molecule has 1 unspecified atom stereocenters. The number of nitro groups is 1. The fourth-order valence-corrected chi connectivity index (χ4v) is 2.04. The lowest BCUT2D eigenvalue weighted by molar-refractivity contribution is -0.384. The van der Waals surface area contributed by atoms with Crippen LogP contribution in [-0.4, -0.2) is 15.9 Å². The molecule has 0 aromatic carbocycles. The smallest absolute Gasteiger partial charge is 0.312 e. The molecule has 18 heavy (non-hydrogen) atoms. The number of hydrogen-bond donors (Lipinski definition) is 1. The van der Waals surface area contributed by atoms with Crippen LogP contribution in [0.5, 0.6) is 0 Å². The van der Waals surface area contributed by atoms with Crippen molar-refractivity contribution in [2.45, 2.75) is 32.2 Å². The van der Waals surface area contributed by atoms with E-state index in [-0.39, 0.29) is 23.1 Å². The van der Waals surface area contributed by atoms with Gasteiger partial charge < -0.3 is 5.32 Å². The summed E-state index contributed by atoms with van der Waals surface area (Å²) in [6, 6.07) is 3.27. The molecule has 1 aromatic rings. The Morgan fingerprint density at radius 2 is 2.39 bits per heavy atom. The molecule has 0 amide bonds. The van der Waals surface area contributed by atoms with Crippen molar-refractivity contribution in [2.24, 2.45) is 5.92 Å². The lowest BCUT2D eigenvalue weighted by Crippen LogP contribution is -2.31. The monoisotopic (exact) mass is 246 g/mol. The molecular formula is C12H14N4O2. The molecule has 0 spiro atoms. The lowest BCUT2D eigenvalue weighted by atomic mass is 9.80. The molecule has 0 aliphatic heterocycles. The molecule has 6 heteroatoms. The van der Waals surface area contributed by atoms with E-state index in [9.17, 15) is 10.1 Å². The Balaban J connectivity index is 2.21. The van der Waals surface area contributed by atoms with Crippen molar-refractivity contribution in [3.05, 3.63) is 27.9 Å². The Hall–Kier alpha value is -2.16. The number of nitrogens with zero attached hydrogens (tertiary/aromatic N) is 3. The van der Waals surface area contributed by atoms with Crippen LogP contribution in [0.2, 0.25) is 0 Å². The van der Waals surface area contributed by atoms with Crippen LogP contribution in [0.25, 0.3) is 0 Å². The van der Waals surface area contributed by atoms with Gasteiger partial charge in [0.1, 0.15) is 6.07 Å². The van der Waals surface area contributed by atoms with Crippen LogP contribution in [0.4, 0.5) is 11.5 Å². The topological polar surface area (TPSA) is 91.8 Å². The normalized spacial score (nSPS) is 16.4. The van der Waals surface area contributed by atoms with Crippen LogP contribution < -0.4 is 5.32 Å². The van der Waals surface area contributed by atoms with E-state index < -0.39 is 4.92 Å². The van der Waals surface area contributed by atoms with Crippen molar-refractivity contribution in [1.29, 1.82) is 5.26 Å². The Labute approximate surface area is 105 Å². The number of nitrogens with one attached hydrogen (secondary N) is 1. The summed E-state index contributed by atoms with van der Waals surface area (Å²) in [5, 5.41) is 22.7. The van der Waals surface area contributed by atoms with Crippen LogP contribution in [-0.2, 0) is 0 Å². The maximum Gasteiger partial charge on any atom is 0.312 e. The van der Waals surface area contributed by atoms with Gasteiger partial charge >= 0.3 is 5.69 Å². The van der Waals surface area contributed by atoms with E-state index in [0.717, 1.165) is 12.8 Å². The highest BCUT2D eigenvalue weighted by molar-refractivity contribution is 5.58. The van der Waals surface area contributed by atoms with Gasteiger partial charge in [0.15, 0.2) is 0 Å². The summed E-state index contributed by atoms with van der Waals surface area (Å²) in [6.07, 6.45) is 4.87. The number of anilines is 1. The molecule has 1 atom stereocenters. The minimum atomic E-state index is -0.510. The zero-order valence-corrected chi connectivity index (χ0v) is 10.1. The average molecular weight is 246 g/mol. The van der Waals surface area contributed by atoms with Crippen molar-refractivity contribution < 1.29 is 4.92 Å². The van der Waals surface area contributed by atoms with Gasteiger partial charge in [-0.3, -0.25) is 10.1 Å². The quantitative estimate of drug-likeness (QED) is 0.650. The highest BCUT2D eigenvalue weighted by Crippen LogP contribution is 2.32. The summed E-state index contributed by atoms with van der Waals surface area (Å²) in [5.41, 5.74) is 0.0590. The molecular weight excluding hydrogens is 232 g/mol. The lowest BCUT2D eigenvalue weighted by Gasteiger charge is -2.32. The van der Waals surface area contributed by atoms with Gasteiger partial charge in [-0.2, -0.15) is 5.26 Å². The molecule has 94 valence electrons. The summed E-state index contributed by atoms with van der Waals surface area (Å²) < 4.78 is 0. The summed E-state index contributed by atoms with van der Waals surface area (Å²) in [4.78, 5) is 14.4. The van der Waals surface area contributed by atoms with Crippen molar-refractivity contribution in [3.8, 4) is 6.07 Å². The number of aromatic nitrogens is 1. The van der Waals surface area contributed by atoms with Crippen LogP contribution in [0.15, 0.2) is 12.3 Å². The number of pyridine rings is 1. The maximum atomic E-state index is 10.9. The predicted octanol–water partition coefficient (Wildman–Crippen LogP) is 2.46. The van der Waals surface area contributed by atoms with Crippen molar-refractivity contribution >= 4 is 11.5 Å². The first kappa shape index (κ1) is 12.3. The Morgan fingerprint density at radius 3 is 2.89 bits per heavy atom. The first-order chi connectivity index (χ1) is 8.61. The minimum Gasteiger partial charge on any atom is -0.362 e. The molecule has 6 nitrogen and oxygen atoms in total. The average Bonchev–Trinajstić information content (AvgIpc) is 2.26. The Bertz CT molecular complexity index is 505. The summed E-state index contributed by atoms with van der Waals surface area (Å²) >= 11 is 0. The van der Waals surface area contributed by atoms with Crippen LogP contribution in [0.1, 0.15) is 31.7 Å². The van der Waals surface area contributed by atoms with E-state index in [1.807, 2.05) is 13.0 Å². The molecule has 0 bridgehead atoms. The second kappa shape index (κ2) is 5.00. The van der Waals surface area contributed by atoms with Crippen LogP contribution >= 0.6 is 0 Å². The third kappa shape index (κ3) is 2.40. The van der Waals surface area contributed by atoms with E-state index in [2.05, 4.69) is 10.3 Å². The summed E-state index contributed by atoms with van der Waals surface area (Å²) in [5.74, 6) is 0.806. The predicted molar refractivity (Wildman–Crippen MR) is 66.0 cm³/mol. The third-order valence-corrected chi connectivity index (χ3v) is 3.41. The molecule has 1 aliphatic rings.